The van der Waals surface area contributed by atoms with Crippen molar-refractivity contribution in [2.45, 2.75) is 38.0 Å². The molecule has 1 aromatic carbocycles. The Kier molecular flexibility index (Phi) is 2.24. The van der Waals surface area contributed by atoms with Gasteiger partial charge in [0, 0.05) is 5.92 Å². The van der Waals surface area contributed by atoms with Gasteiger partial charge in [-0.15, -0.1) is 10.2 Å². The smallest absolute Gasteiger partial charge is 0.229 e. The maximum Gasteiger partial charge on any atom is 0.229 e. The van der Waals surface area contributed by atoms with E-state index >= 15 is 0 Å². The lowest BCUT2D eigenvalue weighted by atomic mass is 10.1. The second kappa shape index (κ2) is 3.82. The Hall–Kier alpha value is -1.35. The first-order valence-corrected chi connectivity index (χ1v) is 6.94. The highest BCUT2D eigenvalue weighted by Crippen LogP contribution is 2.40. The van der Waals surface area contributed by atoms with Gasteiger partial charge in [-0.2, -0.15) is 0 Å². The lowest BCUT2D eigenvalue weighted by Gasteiger charge is -2.09. The van der Waals surface area contributed by atoms with Gasteiger partial charge in [-0.3, -0.25) is 4.57 Å². The fourth-order valence-corrected chi connectivity index (χ4v) is 3.04. The zero-order valence-corrected chi connectivity index (χ0v) is 10.8. The van der Waals surface area contributed by atoms with Crippen molar-refractivity contribution in [3.05, 3.63) is 40.4 Å². The van der Waals surface area contributed by atoms with Gasteiger partial charge in [0.05, 0.1) is 5.69 Å². The molecule has 0 amide bonds. The number of hydrogen-bond acceptors (Lipinski definition) is 2. The SMILES string of the molecule is Clc1nnc(C2CC2)n1-c1ccc2c(c1)CCC2. The Morgan fingerprint density at radius 2 is 1.94 bits per heavy atom. The number of halogens is 1. The molecule has 0 unspecified atom stereocenters. The van der Waals surface area contributed by atoms with Crippen molar-refractivity contribution in [3.63, 3.8) is 0 Å². The van der Waals surface area contributed by atoms with Crippen LogP contribution < -0.4 is 0 Å². The van der Waals surface area contributed by atoms with E-state index in [0.717, 1.165) is 11.5 Å². The number of nitrogens with zero attached hydrogens (tertiary/aromatic N) is 3. The van der Waals surface area contributed by atoms with Gasteiger partial charge < -0.3 is 0 Å². The van der Waals surface area contributed by atoms with Crippen molar-refractivity contribution >= 4 is 11.6 Å². The molecule has 1 heterocycles. The summed E-state index contributed by atoms with van der Waals surface area (Å²) in [5.41, 5.74) is 4.06. The second-order valence-electron chi connectivity index (χ2n) is 5.24. The summed E-state index contributed by atoms with van der Waals surface area (Å²) in [5, 5.41) is 8.74. The van der Waals surface area contributed by atoms with Crippen LogP contribution >= 0.6 is 11.6 Å². The summed E-state index contributed by atoms with van der Waals surface area (Å²) in [6, 6.07) is 6.62. The maximum atomic E-state index is 6.19. The molecule has 1 aromatic heterocycles. The van der Waals surface area contributed by atoms with Crippen molar-refractivity contribution in [2.24, 2.45) is 0 Å². The van der Waals surface area contributed by atoms with Gasteiger partial charge in [0.1, 0.15) is 5.82 Å². The molecule has 0 N–H and O–H groups in total. The van der Waals surface area contributed by atoms with Gasteiger partial charge in [0.15, 0.2) is 0 Å². The van der Waals surface area contributed by atoms with Crippen molar-refractivity contribution < 1.29 is 0 Å². The molecule has 92 valence electrons. The van der Waals surface area contributed by atoms with Crippen LogP contribution in [0.2, 0.25) is 5.28 Å². The van der Waals surface area contributed by atoms with Crippen molar-refractivity contribution in [1.82, 2.24) is 14.8 Å². The Morgan fingerprint density at radius 3 is 2.78 bits per heavy atom. The minimum absolute atomic E-state index is 0.481. The van der Waals surface area contributed by atoms with E-state index in [0.29, 0.717) is 11.2 Å². The van der Waals surface area contributed by atoms with E-state index in [1.807, 2.05) is 4.57 Å². The summed E-state index contributed by atoms with van der Waals surface area (Å²) < 4.78 is 2.01. The zero-order valence-electron chi connectivity index (χ0n) is 10.1. The van der Waals surface area contributed by atoms with E-state index in [1.165, 1.54) is 43.2 Å². The van der Waals surface area contributed by atoms with Gasteiger partial charge in [0.25, 0.3) is 0 Å². The third-order valence-electron chi connectivity index (χ3n) is 3.93. The van der Waals surface area contributed by atoms with Crippen LogP contribution in [-0.4, -0.2) is 14.8 Å². The molecule has 4 heteroatoms. The summed E-state index contributed by atoms with van der Waals surface area (Å²) >= 11 is 6.19. The highest BCUT2D eigenvalue weighted by molar-refractivity contribution is 6.28. The minimum Gasteiger partial charge on any atom is -0.270 e. The van der Waals surface area contributed by atoms with Crippen LogP contribution in [0.1, 0.15) is 42.1 Å². The predicted molar refractivity (Wildman–Crippen MR) is 70.4 cm³/mol. The standard InChI is InChI=1S/C14H14ClN3/c15-14-17-16-13(10-4-5-10)18(14)12-7-6-9-2-1-3-11(9)8-12/h6-8,10H,1-5H2. The largest absolute Gasteiger partial charge is 0.270 e. The molecule has 18 heavy (non-hydrogen) atoms. The molecule has 0 saturated heterocycles. The molecule has 0 atom stereocenters. The van der Waals surface area contributed by atoms with Crippen LogP contribution in [0.15, 0.2) is 18.2 Å². The molecule has 0 radical (unpaired) electrons. The first-order valence-electron chi connectivity index (χ1n) is 6.56. The van der Waals surface area contributed by atoms with Gasteiger partial charge in [-0.1, -0.05) is 6.07 Å². The Morgan fingerprint density at radius 1 is 1.11 bits per heavy atom. The first-order chi connectivity index (χ1) is 8.83. The van der Waals surface area contributed by atoms with E-state index in [9.17, 15) is 0 Å². The van der Waals surface area contributed by atoms with Crippen LogP contribution in [0.5, 0.6) is 0 Å². The van der Waals surface area contributed by atoms with Gasteiger partial charge in [0.2, 0.25) is 5.28 Å². The average molecular weight is 260 g/mol. The number of aromatic nitrogens is 3. The van der Waals surface area contributed by atoms with Crippen LogP contribution in [0, 0.1) is 0 Å². The van der Waals surface area contributed by atoms with Crippen LogP contribution in [0.4, 0.5) is 0 Å². The molecule has 2 aliphatic rings. The van der Waals surface area contributed by atoms with Crippen molar-refractivity contribution in [2.75, 3.05) is 0 Å². The maximum absolute atomic E-state index is 6.19. The summed E-state index contributed by atoms with van der Waals surface area (Å²) in [6.45, 7) is 0. The summed E-state index contributed by atoms with van der Waals surface area (Å²) in [7, 11) is 0. The predicted octanol–water partition coefficient (Wildman–Crippen LogP) is 3.29. The lowest BCUT2D eigenvalue weighted by Crippen LogP contribution is -2.01. The molecule has 4 rings (SSSR count). The van der Waals surface area contributed by atoms with E-state index in [2.05, 4.69) is 28.4 Å². The second-order valence-corrected chi connectivity index (χ2v) is 5.58. The number of rotatable bonds is 2. The van der Waals surface area contributed by atoms with Crippen LogP contribution in [0.25, 0.3) is 5.69 Å². The van der Waals surface area contributed by atoms with Crippen molar-refractivity contribution in [1.29, 1.82) is 0 Å². The summed E-state index contributed by atoms with van der Waals surface area (Å²) in [4.78, 5) is 0. The van der Waals surface area contributed by atoms with E-state index in [4.69, 9.17) is 11.6 Å². The number of benzene rings is 1. The highest BCUT2D eigenvalue weighted by atomic mass is 35.5. The molecule has 3 nitrogen and oxygen atoms in total. The topological polar surface area (TPSA) is 30.7 Å². The first kappa shape index (κ1) is 10.6. The minimum atomic E-state index is 0.481. The molecular weight excluding hydrogens is 246 g/mol. The summed E-state index contributed by atoms with van der Waals surface area (Å²) in [5.74, 6) is 1.58. The fourth-order valence-electron chi connectivity index (χ4n) is 2.82. The lowest BCUT2D eigenvalue weighted by molar-refractivity contribution is 0.870. The monoisotopic (exact) mass is 259 g/mol. The molecule has 2 aromatic rings. The molecule has 2 aliphatic carbocycles. The number of aryl methyl sites for hydroxylation is 2. The average Bonchev–Trinajstić information content (AvgIpc) is 2.99. The molecule has 0 spiro atoms. The quantitative estimate of drug-likeness (QED) is 0.829. The molecular formula is C14H14ClN3. The molecule has 0 bridgehead atoms. The molecule has 1 fully saturated rings. The van der Waals surface area contributed by atoms with Gasteiger partial charge in [-0.05, 0) is 67.0 Å². The van der Waals surface area contributed by atoms with Gasteiger partial charge >= 0.3 is 0 Å². The number of fused-ring (bicyclic) bond motifs is 1. The third kappa shape index (κ3) is 1.57. The molecule has 1 saturated carbocycles. The van der Waals surface area contributed by atoms with E-state index in [1.54, 1.807) is 0 Å². The summed E-state index contributed by atoms with van der Waals surface area (Å²) in [6.07, 6.45) is 6.08. The van der Waals surface area contributed by atoms with E-state index in [-0.39, 0.29) is 0 Å². The van der Waals surface area contributed by atoms with E-state index < -0.39 is 0 Å². The highest BCUT2D eigenvalue weighted by Gasteiger charge is 2.30. The zero-order chi connectivity index (χ0) is 12.1. The number of hydrogen-bond donors (Lipinski definition) is 0. The van der Waals surface area contributed by atoms with Gasteiger partial charge in [-0.25, -0.2) is 0 Å². The van der Waals surface area contributed by atoms with Crippen molar-refractivity contribution in [3.8, 4) is 5.69 Å². The Labute approximate surface area is 111 Å². The molecule has 0 aliphatic heterocycles. The third-order valence-corrected chi connectivity index (χ3v) is 4.18. The Balaban J connectivity index is 1.85. The Bertz CT molecular complexity index is 613. The van der Waals surface area contributed by atoms with Crippen LogP contribution in [0.3, 0.4) is 0 Å². The fraction of sp³-hybridized carbons (Fsp3) is 0.429. The van der Waals surface area contributed by atoms with Crippen LogP contribution in [-0.2, 0) is 12.8 Å². The normalized spacial score (nSPS) is 18.1.